The molecular formula is C23H24N2O2. The number of urea groups is 1. The summed E-state index contributed by atoms with van der Waals surface area (Å²) in [5.74, 6) is -0.0969. The smallest absolute Gasteiger partial charge is 0.322 e. The van der Waals surface area contributed by atoms with Crippen molar-refractivity contribution in [3.05, 3.63) is 88.6 Å². The first kappa shape index (κ1) is 18.6. The maximum atomic E-state index is 13.1. The summed E-state index contributed by atoms with van der Waals surface area (Å²) >= 11 is 0. The largest absolute Gasteiger partial charge is 0.327 e. The molecule has 1 atom stereocenters. The normalized spacial score (nSPS) is 17.4. The van der Waals surface area contributed by atoms with Crippen molar-refractivity contribution < 1.29 is 9.59 Å². The number of nitrogens with one attached hydrogen (secondary N) is 1. The van der Waals surface area contributed by atoms with Gasteiger partial charge in [0.15, 0.2) is 5.78 Å². The Hall–Kier alpha value is -3.14. The number of nitrogens with zero attached hydrogens (tertiary/aromatic N) is 1. The Balaban J connectivity index is 1.98. The minimum Gasteiger partial charge on any atom is -0.327 e. The molecule has 0 saturated heterocycles. The molecule has 1 aliphatic rings. The zero-order chi connectivity index (χ0) is 19.4. The zero-order valence-corrected chi connectivity index (χ0v) is 15.9. The van der Waals surface area contributed by atoms with Gasteiger partial charge in [-0.15, -0.1) is 0 Å². The molecule has 2 aromatic rings. The van der Waals surface area contributed by atoms with Crippen LogP contribution < -0.4 is 5.32 Å². The van der Waals surface area contributed by atoms with Gasteiger partial charge in [-0.05, 0) is 38.0 Å². The highest BCUT2D eigenvalue weighted by molar-refractivity contribution is 6.09. The number of amides is 2. The van der Waals surface area contributed by atoms with Gasteiger partial charge in [0.1, 0.15) is 0 Å². The summed E-state index contributed by atoms with van der Waals surface area (Å²) in [6, 6.07) is 17.0. The highest BCUT2D eigenvalue weighted by atomic mass is 16.2. The van der Waals surface area contributed by atoms with E-state index in [0.29, 0.717) is 17.8 Å². The zero-order valence-electron chi connectivity index (χ0n) is 15.9. The minimum atomic E-state index is -0.448. The first-order valence-electron chi connectivity index (χ1n) is 9.14. The van der Waals surface area contributed by atoms with E-state index in [0.717, 1.165) is 11.1 Å². The standard InChI is InChI=1S/C23H24N2O2/c1-4-25-17(3)21(20(26)15-14-18-12-10-16(2)11-13-18)22(24-23(25)27)19-8-6-5-7-9-19/h5-15,22H,4H2,1-3H3,(H,24,27)/b15-14+/t22-/m1/s1. The van der Waals surface area contributed by atoms with Gasteiger partial charge in [-0.2, -0.15) is 0 Å². The van der Waals surface area contributed by atoms with Crippen LogP contribution in [0.5, 0.6) is 0 Å². The first-order chi connectivity index (χ1) is 13.0. The van der Waals surface area contributed by atoms with Gasteiger partial charge in [0, 0.05) is 17.8 Å². The molecule has 0 spiro atoms. The molecular weight excluding hydrogens is 336 g/mol. The summed E-state index contributed by atoms with van der Waals surface area (Å²) in [5.41, 5.74) is 4.35. The van der Waals surface area contributed by atoms with Crippen molar-refractivity contribution in [3.63, 3.8) is 0 Å². The molecule has 0 bridgehead atoms. The molecule has 1 aliphatic heterocycles. The molecule has 0 unspecified atom stereocenters. The summed E-state index contributed by atoms with van der Waals surface area (Å²) < 4.78 is 0. The van der Waals surface area contributed by atoms with Crippen LogP contribution in [0.1, 0.15) is 36.6 Å². The predicted octanol–water partition coefficient (Wildman–Crippen LogP) is 4.64. The molecule has 4 heteroatoms. The summed E-state index contributed by atoms with van der Waals surface area (Å²) in [7, 11) is 0. The lowest BCUT2D eigenvalue weighted by molar-refractivity contribution is -0.111. The average molecular weight is 360 g/mol. The van der Waals surface area contributed by atoms with Crippen LogP contribution in [0.4, 0.5) is 4.79 Å². The van der Waals surface area contributed by atoms with E-state index in [1.807, 2.05) is 81.4 Å². The predicted molar refractivity (Wildman–Crippen MR) is 108 cm³/mol. The Morgan fingerprint density at radius 1 is 1.07 bits per heavy atom. The van der Waals surface area contributed by atoms with Gasteiger partial charge in [-0.3, -0.25) is 9.69 Å². The van der Waals surface area contributed by atoms with Crippen LogP contribution in [0.15, 0.2) is 71.9 Å². The number of carbonyl (C=O) groups excluding carboxylic acids is 2. The number of hydrogen-bond acceptors (Lipinski definition) is 2. The SMILES string of the molecule is CCN1C(=O)N[C@H](c2ccccc2)C(C(=O)/C=C/c2ccc(C)cc2)=C1C. The second-order valence-electron chi connectivity index (χ2n) is 6.64. The maximum Gasteiger partial charge on any atom is 0.322 e. The molecule has 0 saturated carbocycles. The first-order valence-corrected chi connectivity index (χ1v) is 9.14. The monoisotopic (exact) mass is 360 g/mol. The van der Waals surface area contributed by atoms with Gasteiger partial charge in [0.05, 0.1) is 6.04 Å². The fourth-order valence-electron chi connectivity index (χ4n) is 3.32. The number of hydrogen-bond donors (Lipinski definition) is 1. The Bertz CT molecular complexity index is 896. The van der Waals surface area contributed by atoms with Crippen LogP contribution in [0.25, 0.3) is 6.08 Å². The van der Waals surface area contributed by atoms with Gasteiger partial charge in [0.2, 0.25) is 0 Å². The molecule has 0 radical (unpaired) electrons. The molecule has 0 fully saturated rings. The molecule has 0 aliphatic carbocycles. The summed E-state index contributed by atoms with van der Waals surface area (Å²) in [6.45, 7) is 6.28. The van der Waals surface area contributed by atoms with Crippen molar-refractivity contribution in [2.45, 2.75) is 26.8 Å². The molecule has 0 aromatic heterocycles. The summed E-state index contributed by atoms with van der Waals surface area (Å²) in [6.07, 6.45) is 3.40. The van der Waals surface area contributed by atoms with Crippen molar-refractivity contribution in [1.82, 2.24) is 10.2 Å². The Kier molecular flexibility index (Phi) is 5.55. The quantitative estimate of drug-likeness (QED) is 0.790. The molecule has 3 rings (SSSR count). The average Bonchev–Trinajstić information content (AvgIpc) is 2.68. The van der Waals surface area contributed by atoms with Crippen LogP contribution in [0.3, 0.4) is 0 Å². The third-order valence-electron chi connectivity index (χ3n) is 4.82. The van der Waals surface area contributed by atoms with E-state index < -0.39 is 6.04 Å². The van der Waals surface area contributed by atoms with E-state index in [4.69, 9.17) is 0 Å². The maximum absolute atomic E-state index is 13.1. The molecule has 2 aromatic carbocycles. The van der Waals surface area contributed by atoms with E-state index in [9.17, 15) is 9.59 Å². The molecule has 27 heavy (non-hydrogen) atoms. The highest BCUT2D eigenvalue weighted by Crippen LogP contribution is 2.31. The molecule has 2 amide bonds. The van der Waals surface area contributed by atoms with Crippen molar-refractivity contribution in [3.8, 4) is 0 Å². The Morgan fingerprint density at radius 3 is 2.37 bits per heavy atom. The number of carbonyl (C=O) groups is 2. The number of benzene rings is 2. The Labute approximate surface area is 160 Å². The van der Waals surface area contributed by atoms with Crippen LogP contribution in [0, 0.1) is 6.92 Å². The lowest BCUT2D eigenvalue weighted by Gasteiger charge is -2.35. The molecule has 1 heterocycles. The second-order valence-corrected chi connectivity index (χ2v) is 6.64. The Morgan fingerprint density at radius 2 is 1.74 bits per heavy atom. The van der Waals surface area contributed by atoms with Gasteiger partial charge >= 0.3 is 6.03 Å². The third kappa shape index (κ3) is 4.00. The number of allylic oxidation sites excluding steroid dienone is 2. The van der Waals surface area contributed by atoms with E-state index in [1.165, 1.54) is 5.56 Å². The summed E-state index contributed by atoms with van der Waals surface area (Å²) in [5, 5.41) is 2.98. The summed E-state index contributed by atoms with van der Waals surface area (Å²) in [4.78, 5) is 27.1. The molecule has 138 valence electrons. The van der Waals surface area contributed by atoms with E-state index in [-0.39, 0.29) is 11.8 Å². The minimum absolute atomic E-state index is 0.0969. The topological polar surface area (TPSA) is 49.4 Å². The van der Waals surface area contributed by atoms with Gasteiger partial charge in [-0.1, -0.05) is 66.2 Å². The van der Waals surface area contributed by atoms with E-state index in [2.05, 4.69) is 5.32 Å². The fraction of sp³-hybridized carbons (Fsp3) is 0.217. The van der Waals surface area contributed by atoms with Crippen LogP contribution in [-0.4, -0.2) is 23.3 Å². The van der Waals surface area contributed by atoms with Crippen LogP contribution >= 0.6 is 0 Å². The fourth-order valence-corrected chi connectivity index (χ4v) is 3.32. The van der Waals surface area contributed by atoms with Crippen molar-refractivity contribution in [2.24, 2.45) is 0 Å². The van der Waals surface area contributed by atoms with Gasteiger partial charge in [0.25, 0.3) is 0 Å². The van der Waals surface area contributed by atoms with Crippen LogP contribution in [-0.2, 0) is 4.79 Å². The molecule has 1 N–H and O–H groups in total. The van der Waals surface area contributed by atoms with E-state index >= 15 is 0 Å². The lowest BCUT2D eigenvalue weighted by Crippen LogP contribution is -2.47. The van der Waals surface area contributed by atoms with Crippen molar-refractivity contribution in [1.29, 1.82) is 0 Å². The number of aryl methyl sites for hydroxylation is 1. The second kappa shape index (κ2) is 8.04. The third-order valence-corrected chi connectivity index (χ3v) is 4.82. The van der Waals surface area contributed by atoms with Crippen molar-refractivity contribution >= 4 is 17.9 Å². The van der Waals surface area contributed by atoms with Crippen molar-refractivity contribution in [2.75, 3.05) is 6.54 Å². The molecule has 4 nitrogen and oxygen atoms in total. The lowest BCUT2D eigenvalue weighted by atomic mass is 9.91. The number of ketones is 1. The van der Waals surface area contributed by atoms with Gasteiger partial charge < -0.3 is 5.32 Å². The van der Waals surface area contributed by atoms with Gasteiger partial charge in [-0.25, -0.2) is 4.79 Å². The highest BCUT2D eigenvalue weighted by Gasteiger charge is 2.33. The number of rotatable bonds is 5. The van der Waals surface area contributed by atoms with E-state index in [1.54, 1.807) is 11.0 Å². The van der Waals surface area contributed by atoms with Crippen LogP contribution in [0.2, 0.25) is 0 Å².